The van der Waals surface area contributed by atoms with E-state index in [0.29, 0.717) is 0 Å². The Balaban J connectivity index is 3.15. The van der Waals surface area contributed by atoms with E-state index in [1.807, 2.05) is 0 Å². The number of alkyl halides is 2. The molecule has 1 aromatic carbocycles. The highest BCUT2D eigenvalue weighted by Gasteiger charge is 2.33. The molecule has 0 saturated carbocycles. The minimum Gasteiger partial charge on any atom is -0.479 e. The quantitative estimate of drug-likeness (QED) is 0.893. The van der Waals surface area contributed by atoms with Crippen LogP contribution < -0.4 is 4.74 Å². The van der Waals surface area contributed by atoms with E-state index in [1.54, 1.807) is 0 Å². The van der Waals surface area contributed by atoms with Crippen LogP contribution in [0.25, 0.3) is 0 Å². The molecular weight excluding hydrogens is 266 g/mol. The van der Waals surface area contributed by atoms with Gasteiger partial charge in [-0.15, -0.1) is 0 Å². The van der Waals surface area contributed by atoms with E-state index in [9.17, 15) is 13.6 Å². The van der Waals surface area contributed by atoms with Gasteiger partial charge in [0, 0.05) is 11.4 Å². The lowest BCUT2D eigenvalue weighted by atomic mass is 10.1. The maximum absolute atomic E-state index is 13.7. The monoisotopic (exact) mass is 278 g/mol. The highest BCUT2D eigenvalue weighted by Crippen LogP contribution is 2.39. The molecule has 0 bridgehead atoms. The smallest absolute Gasteiger partial charge is 0.344 e. The summed E-state index contributed by atoms with van der Waals surface area (Å²) in [5.41, 5.74) is -0.398. The van der Waals surface area contributed by atoms with Crippen LogP contribution >= 0.6 is 11.6 Å². The van der Waals surface area contributed by atoms with Gasteiger partial charge in [-0.25, -0.2) is 13.6 Å². The largest absolute Gasteiger partial charge is 0.479 e. The Labute approximate surface area is 108 Å². The maximum Gasteiger partial charge on any atom is 0.344 e. The second-order valence-corrected chi connectivity index (χ2v) is 4.23. The van der Waals surface area contributed by atoms with Crippen LogP contribution in [0.4, 0.5) is 8.78 Å². The van der Waals surface area contributed by atoms with Crippen molar-refractivity contribution in [3.05, 3.63) is 28.8 Å². The zero-order valence-electron chi connectivity index (χ0n) is 9.91. The Hall–Kier alpha value is -1.36. The molecule has 1 rings (SSSR count). The van der Waals surface area contributed by atoms with Crippen molar-refractivity contribution in [2.24, 2.45) is 0 Å². The lowest BCUT2D eigenvalue weighted by Crippen LogP contribution is -2.25. The van der Waals surface area contributed by atoms with Crippen LogP contribution in [0.2, 0.25) is 5.02 Å². The normalized spacial score (nSPS) is 13.2. The van der Waals surface area contributed by atoms with Crippen LogP contribution in [0.15, 0.2) is 18.2 Å². The van der Waals surface area contributed by atoms with Crippen molar-refractivity contribution < 1.29 is 23.4 Å². The molecule has 1 unspecified atom stereocenters. The average molecular weight is 279 g/mol. The molecular formula is C12H13ClF2O3. The third-order valence-corrected chi connectivity index (χ3v) is 2.67. The molecule has 0 fully saturated rings. The third kappa shape index (κ3) is 3.32. The summed E-state index contributed by atoms with van der Waals surface area (Å²) < 4.78 is 32.4. The van der Waals surface area contributed by atoms with Crippen molar-refractivity contribution >= 4 is 17.6 Å². The number of carbonyl (C=O) groups is 1. The number of carboxylic acids is 1. The topological polar surface area (TPSA) is 46.5 Å². The molecule has 100 valence electrons. The van der Waals surface area contributed by atoms with Gasteiger partial charge in [0.05, 0.1) is 5.56 Å². The number of ether oxygens (including phenoxy) is 1. The molecule has 3 nitrogen and oxygen atoms in total. The molecule has 0 aliphatic carbocycles. The molecule has 1 aromatic rings. The van der Waals surface area contributed by atoms with Gasteiger partial charge in [-0.3, -0.25) is 0 Å². The second-order valence-electron chi connectivity index (χ2n) is 3.80. The molecule has 0 aliphatic heterocycles. The number of carboxylic acid groups (broad SMARTS) is 1. The van der Waals surface area contributed by atoms with Crippen LogP contribution in [0, 0.1) is 0 Å². The number of hydrogen-bond acceptors (Lipinski definition) is 2. The summed E-state index contributed by atoms with van der Waals surface area (Å²) in [5, 5.41) is 8.86. The van der Waals surface area contributed by atoms with Gasteiger partial charge in [-0.05, 0) is 25.1 Å². The Morgan fingerprint density at radius 1 is 1.56 bits per heavy atom. The van der Waals surface area contributed by atoms with Crippen LogP contribution in [-0.4, -0.2) is 17.2 Å². The minimum absolute atomic E-state index is 0.147. The second kappa shape index (κ2) is 5.52. The molecule has 0 aromatic heterocycles. The standard InChI is InChI=1S/C12H13ClF2O3/c1-3-12(14,15)9-6-8(13)4-5-10(9)18-7(2)11(16)17/h4-7H,3H2,1-2H3,(H,16,17). The molecule has 0 radical (unpaired) electrons. The number of hydrogen-bond donors (Lipinski definition) is 1. The Morgan fingerprint density at radius 2 is 2.17 bits per heavy atom. The van der Waals surface area contributed by atoms with E-state index in [2.05, 4.69) is 0 Å². The van der Waals surface area contributed by atoms with E-state index in [0.717, 1.165) is 6.07 Å². The van der Waals surface area contributed by atoms with Gasteiger partial charge in [0.25, 0.3) is 5.92 Å². The van der Waals surface area contributed by atoms with Crippen molar-refractivity contribution in [3.8, 4) is 5.75 Å². The van der Waals surface area contributed by atoms with Gasteiger partial charge in [0.1, 0.15) is 5.75 Å². The molecule has 6 heteroatoms. The number of halogens is 3. The molecule has 0 amide bonds. The number of aliphatic carboxylic acids is 1. The van der Waals surface area contributed by atoms with Crippen LogP contribution in [0.1, 0.15) is 25.8 Å². The van der Waals surface area contributed by atoms with Gasteiger partial charge in [-0.2, -0.15) is 0 Å². The van der Waals surface area contributed by atoms with Crippen molar-refractivity contribution in [2.75, 3.05) is 0 Å². The lowest BCUT2D eigenvalue weighted by molar-refractivity contribution is -0.144. The van der Waals surface area contributed by atoms with Gasteiger partial charge in [-0.1, -0.05) is 18.5 Å². The van der Waals surface area contributed by atoms with E-state index in [4.69, 9.17) is 21.4 Å². The van der Waals surface area contributed by atoms with Crippen LogP contribution in [0.5, 0.6) is 5.75 Å². The Kier molecular flexibility index (Phi) is 4.51. The zero-order valence-corrected chi connectivity index (χ0v) is 10.7. The first-order chi connectivity index (χ1) is 8.27. The fourth-order valence-corrected chi connectivity index (χ4v) is 1.49. The van der Waals surface area contributed by atoms with Crippen molar-refractivity contribution in [2.45, 2.75) is 32.3 Å². The summed E-state index contributed by atoms with van der Waals surface area (Å²) in [4.78, 5) is 10.7. The van der Waals surface area contributed by atoms with Gasteiger partial charge in [0.2, 0.25) is 0 Å². The van der Waals surface area contributed by atoms with Gasteiger partial charge >= 0.3 is 5.97 Å². The molecule has 0 heterocycles. The summed E-state index contributed by atoms with van der Waals surface area (Å²) in [6, 6.07) is 3.72. The van der Waals surface area contributed by atoms with E-state index in [-0.39, 0.29) is 10.8 Å². The van der Waals surface area contributed by atoms with Crippen molar-refractivity contribution in [3.63, 3.8) is 0 Å². The van der Waals surface area contributed by atoms with Gasteiger partial charge in [0.15, 0.2) is 6.10 Å². The highest BCUT2D eigenvalue weighted by molar-refractivity contribution is 6.30. The van der Waals surface area contributed by atoms with Crippen LogP contribution in [-0.2, 0) is 10.7 Å². The molecule has 0 spiro atoms. The van der Waals surface area contributed by atoms with E-state index >= 15 is 0 Å². The predicted octanol–water partition coefficient (Wildman–Crippen LogP) is 3.69. The molecule has 18 heavy (non-hydrogen) atoms. The summed E-state index contributed by atoms with van der Waals surface area (Å²) in [6.45, 7) is 2.59. The number of benzene rings is 1. The van der Waals surface area contributed by atoms with E-state index in [1.165, 1.54) is 26.0 Å². The Bertz CT molecular complexity index is 449. The van der Waals surface area contributed by atoms with Gasteiger partial charge < -0.3 is 9.84 Å². The SMILES string of the molecule is CCC(F)(F)c1cc(Cl)ccc1OC(C)C(=O)O. The maximum atomic E-state index is 13.7. The molecule has 1 N–H and O–H groups in total. The average Bonchev–Trinajstić information content (AvgIpc) is 2.31. The fraction of sp³-hybridized carbons (Fsp3) is 0.417. The molecule has 0 saturated heterocycles. The lowest BCUT2D eigenvalue weighted by Gasteiger charge is -2.20. The first kappa shape index (κ1) is 14.7. The summed E-state index contributed by atoms with van der Waals surface area (Å²) >= 11 is 5.67. The predicted molar refractivity (Wildman–Crippen MR) is 63.4 cm³/mol. The summed E-state index contributed by atoms with van der Waals surface area (Å²) in [5.74, 6) is -4.50. The zero-order chi connectivity index (χ0) is 13.9. The first-order valence-corrected chi connectivity index (χ1v) is 5.73. The van der Waals surface area contributed by atoms with Crippen molar-refractivity contribution in [1.82, 2.24) is 0 Å². The fourth-order valence-electron chi connectivity index (χ4n) is 1.32. The third-order valence-electron chi connectivity index (χ3n) is 2.43. The van der Waals surface area contributed by atoms with Crippen LogP contribution in [0.3, 0.4) is 0 Å². The van der Waals surface area contributed by atoms with E-state index < -0.39 is 30.0 Å². The van der Waals surface area contributed by atoms with Crippen molar-refractivity contribution in [1.29, 1.82) is 0 Å². The first-order valence-electron chi connectivity index (χ1n) is 5.35. The molecule has 0 aliphatic rings. The summed E-state index contributed by atoms with van der Waals surface area (Å²) in [7, 11) is 0. The highest BCUT2D eigenvalue weighted by atomic mass is 35.5. The Morgan fingerprint density at radius 3 is 2.67 bits per heavy atom. The minimum atomic E-state index is -3.11. The number of rotatable bonds is 5. The molecule has 1 atom stereocenters. The summed E-state index contributed by atoms with van der Waals surface area (Å²) in [6.07, 6.45) is -1.64.